The van der Waals surface area contributed by atoms with E-state index >= 15 is 0 Å². The largest absolute Gasteiger partial charge is 0.321 e. The maximum atomic E-state index is 6.61. The van der Waals surface area contributed by atoms with Gasteiger partial charge >= 0.3 is 0 Å². The summed E-state index contributed by atoms with van der Waals surface area (Å²) in [6.07, 6.45) is 6.65. The van der Waals surface area contributed by atoms with Crippen LogP contribution in [0.5, 0.6) is 0 Å². The van der Waals surface area contributed by atoms with E-state index in [1.165, 1.54) is 10.5 Å². The molecule has 0 radical (unpaired) electrons. The van der Waals surface area contributed by atoms with Gasteiger partial charge in [-0.3, -0.25) is 0 Å². The molecule has 1 nitrogen and oxygen atoms in total. The highest BCUT2D eigenvalue weighted by molar-refractivity contribution is 7.99. The first-order valence-corrected chi connectivity index (χ1v) is 6.45. The summed E-state index contributed by atoms with van der Waals surface area (Å²) < 4.78 is 0. The van der Waals surface area contributed by atoms with E-state index in [0.717, 1.165) is 18.6 Å². The Labute approximate surface area is 94.7 Å². The highest BCUT2D eigenvalue weighted by Crippen LogP contribution is 2.47. The lowest BCUT2D eigenvalue weighted by Crippen LogP contribution is -2.48. The molecule has 3 rings (SSSR count). The number of allylic oxidation sites excluding steroid dienone is 1. The van der Waals surface area contributed by atoms with Crippen LogP contribution < -0.4 is 5.73 Å². The molecule has 15 heavy (non-hydrogen) atoms. The number of nitrogens with two attached hydrogens (primary N) is 1. The highest BCUT2D eigenvalue weighted by Gasteiger charge is 2.41. The summed E-state index contributed by atoms with van der Waals surface area (Å²) in [7, 11) is 0. The minimum Gasteiger partial charge on any atom is -0.321 e. The number of fused-ring (bicyclic) bond motifs is 3. The average Bonchev–Trinajstić information content (AvgIpc) is 2.29. The molecule has 78 valence electrons. The lowest BCUT2D eigenvalue weighted by atomic mass is 9.72. The fraction of sp³-hybridized carbons (Fsp3) is 0.385. The van der Waals surface area contributed by atoms with Crippen LogP contribution in [-0.4, -0.2) is 5.75 Å². The second-order valence-corrected chi connectivity index (χ2v) is 5.52. The fourth-order valence-corrected chi connectivity index (χ4v) is 4.03. The number of hydrogen-bond acceptors (Lipinski definition) is 2. The minimum atomic E-state index is -0.101. The molecule has 0 spiro atoms. The van der Waals surface area contributed by atoms with Gasteiger partial charge in [0.05, 0.1) is 0 Å². The van der Waals surface area contributed by atoms with Crippen LogP contribution in [0.15, 0.2) is 41.3 Å². The van der Waals surface area contributed by atoms with E-state index in [1.54, 1.807) is 0 Å². The summed E-state index contributed by atoms with van der Waals surface area (Å²) in [4.78, 5) is 1.38. The van der Waals surface area contributed by atoms with Crippen LogP contribution in [0.3, 0.4) is 0 Å². The molecule has 0 saturated carbocycles. The van der Waals surface area contributed by atoms with Gasteiger partial charge in [-0.05, 0) is 30.4 Å². The quantitative estimate of drug-likeness (QED) is 0.676. The fourth-order valence-electron chi connectivity index (χ4n) is 2.63. The van der Waals surface area contributed by atoms with Crippen LogP contribution in [0.2, 0.25) is 0 Å². The van der Waals surface area contributed by atoms with Crippen molar-refractivity contribution in [2.75, 3.05) is 5.75 Å². The molecule has 1 aliphatic carbocycles. The van der Waals surface area contributed by atoms with Crippen molar-refractivity contribution in [2.45, 2.75) is 23.3 Å². The zero-order valence-electron chi connectivity index (χ0n) is 8.65. The second-order valence-electron chi connectivity index (χ2n) is 4.46. The third kappa shape index (κ3) is 1.35. The molecule has 0 saturated heterocycles. The van der Waals surface area contributed by atoms with E-state index in [2.05, 4.69) is 36.4 Å². The molecule has 2 aliphatic rings. The van der Waals surface area contributed by atoms with Gasteiger partial charge in [0.25, 0.3) is 0 Å². The van der Waals surface area contributed by atoms with Crippen molar-refractivity contribution in [1.82, 2.24) is 0 Å². The van der Waals surface area contributed by atoms with Gasteiger partial charge < -0.3 is 5.73 Å². The second kappa shape index (κ2) is 3.39. The van der Waals surface area contributed by atoms with Gasteiger partial charge in [-0.15, -0.1) is 11.8 Å². The van der Waals surface area contributed by atoms with Crippen molar-refractivity contribution in [3.63, 3.8) is 0 Å². The van der Waals surface area contributed by atoms with Gasteiger partial charge in [0, 0.05) is 16.2 Å². The molecule has 1 heterocycles. The molecular weight excluding hydrogens is 202 g/mol. The zero-order valence-corrected chi connectivity index (χ0v) is 9.46. The van der Waals surface area contributed by atoms with Gasteiger partial charge in [-0.25, -0.2) is 0 Å². The first-order chi connectivity index (χ1) is 7.31. The molecule has 1 aromatic carbocycles. The molecule has 0 fully saturated rings. The Morgan fingerprint density at radius 1 is 1.27 bits per heavy atom. The Morgan fingerprint density at radius 2 is 2.13 bits per heavy atom. The topological polar surface area (TPSA) is 26.0 Å². The molecule has 0 aromatic heterocycles. The number of rotatable bonds is 0. The Bertz CT molecular complexity index is 413. The molecule has 2 heteroatoms. The predicted molar refractivity (Wildman–Crippen MR) is 64.9 cm³/mol. The predicted octanol–water partition coefficient (Wildman–Crippen LogP) is 2.91. The summed E-state index contributed by atoms with van der Waals surface area (Å²) in [5.41, 5.74) is 7.87. The highest BCUT2D eigenvalue weighted by atomic mass is 32.2. The summed E-state index contributed by atoms with van der Waals surface area (Å²) >= 11 is 1.96. The van der Waals surface area contributed by atoms with Gasteiger partial charge in [0.2, 0.25) is 0 Å². The van der Waals surface area contributed by atoms with Gasteiger partial charge in [-0.1, -0.05) is 30.4 Å². The molecule has 0 amide bonds. The van der Waals surface area contributed by atoms with Crippen molar-refractivity contribution < 1.29 is 0 Å². The van der Waals surface area contributed by atoms with Crippen LogP contribution in [-0.2, 0) is 5.54 Å². The van der Waals surface area contributed by atoms with Gasteiger partial charge in [0.15, 0.2) is 0 Å². The van der Waals surface area contributed by atoms with Crippen LogP contribution in [0.4, 0.5) is 0 Å². The number of benzene rings is 1. The van der Waals surface area contributed by atoms with Crippen molar-refractivity contribution in [2.24, 2.45) is 11.7 Å². The smallest absolute Gasteiger partial charge is 0.0495 e. The van der Waals surface area contributed by atoms with Crippen molar-refractivity contribution >= 4 is 11.8 Å². The molecule has 1 aromatic rings. The maximum absolute atomic E-state index is 6.61. The standard InChI is InChI=1S/C13H15NS/c14-13-8-4-3-5-10(13)9-15-12-7-2-1-6-11(12)13/h1-4,6-7,10H,5,8-9,14H2. The lowest BCUT2D eigenvalue weighted by molar-refractivity contribution is 0.282. The molecular formula is C13H15NS. The third-order valence-corrected chi connectivity index (χ3v) is 4.84. The average molecular weight is 217 g/mol. The Hall–Kier alpha value is -0.730. The summed E-state index contributed by atoms with van der Waals surface area (Å²) in [5, 5.41) is 0. The Kier molecular flexibility index (Phi) is 2.15. The van der Waals surface area contributed by atoms with E-state index in [9.17, 15) is 0 Å². The number of thioether (sulfide) groups is 1. The Morgan fingerprint density at radius 3 is 3.07 bits per heavy atom. The monoisotopic (exact) mass is 217 g/mol. The van der Waals surface area contributed by atoms with Crippen molar-refractivity contribution in [1.29, 1.82) is 0 Å². The molecule has 2 N–H and O–H groups in total. The van der Waals surface area contributed by atoms with Crippen LogP contribution >= 0.6 is 11.8 Å². The Balaban J connectivity index is 2.13. The van der Waals surface area contributed by atoms with Gasteiger partial charge in [-0.2, -0.15) is 0 Å². The SMILES string of the molecule is NC12CC=CCC1CSc1ccccc12. The van der Waals surface area contributed by atoms with Crippen LogP contribution in [0.1, 0.15) is 18.4 Å². The van der Waals surface area contributed by atoms with E-state index in [0.29, 0.717) is 5.92 Å². The van der Waals surface area contributed by atoms with Gasteiger partial charge in [0.1, 0.15) is 0 Å². The van der Waals surface area contributed by atoms with Crippen molar-refractivity contribution in [3.05, 3.63) is 42.0 Å². The van der Waals surface area contributed by atoms with Crippen molar-refractivity contribution in [3.8, 4) is 0 Å². The summed E-state index contributed by atoms with van der Waals surface area (Å²) in [5.74, 6) is 1.78. The van der Waals surface area contributed by atoms with Crippen LogP contribution in [0.25, 0.3) is 0 Å². The number of hydrogen-bond donors (Lipinski definition) is 1. The van der Waals surface area contributed by atoms with E-state index in [-0.39, 0.29) is 5.54 Å². The normalized spacial score (nSPS) is 33.3. The zero-order chi connectivity index (χ0) is 10.3. The maximum Gasteiger partial charge on any atom is 0.0495 e. The van der Waals surface area contributed by atoms with E-state index in [1.807, 2.05) is 11.8 Å². The summed E-state index contributed by atoms with van der Waals surface area (Å²) in [6.45, 7) is 0. The molecule has 1 aliphatic heterocycles. The summed E-state index contributed by atoms with van der Waals surface area (Å²) in [6, 6.07) is 8.61. The van der Waals surface area contributed by atoms with E-state index < -0.39 is 0 Å². The molecule has 2 atom stereocenters. The minimum absolute atomic E-state index is 0.101. The molecule has 2 unspecified atom stereocenters. The molecule has 0 bridgehead atoms. The lowest BCUT2D eigenvalue weighted by Gasteiger charge is -2.43. The first-order valence-electron chi connectivity index (χ1n) is 5.47. The van der Waals surface area contributed by atoms with E-state index in [4.69, 9.17) is 5.73 Å². The first kappa shape index (κ1) is 9.49. The third-order valence-electron chi connectivity index (χ3n) is 3.60. The van der Waals surface area contributed by atoms with Crippen LogP contribution in [0, 0.1) is 5.92 Å².